The lowest BCUT2D eigenvalue weighted by Gasteiger charge is -2.27. The van der Waals surface area contributed by atoms with Crippen LogP contribution in [0.1, 0.15) is 10.4 Å². The molecule has 1 aliphatic heterocycles. The van der Waals surface area contributed by atoms with Gasteiger partial charge in [-0.15, -0.1) is 0 Å². The summed E-state index contributed by atoms with van der Waals surface area (Å²) in [6.07, 6.45) is 0. The molecule has 0 saturated carbocycles. The average Bonchev–Trinajstić information content (AvgIpc) is 2.61. The second-order valence-electron chi connectivity index (χ2n) is 5.23. The number of rotatable bonds is 3. The van der Waals surface area contributed by atoms with E-state index < -0.39 is 0 Å². The van der Waals surface area contributed by atoms with Crippen molar-refractivity contribution in [3.05, 3.63) is 35.9 Å². The second-order valence-corrected chi connectivity index (χ2v) is 5.23. The normalized spacial score (nSPS) is 14.6. The average molecular weight is 313 g/mol. The Morgan fingerprint density at radius 3 is 2.78 bits per heavy atom. The Morgan fingerprint density at radius 2 is 2.04 bits per heavy atom. The molecule has 3 rings (SSSR count). The van der Waals surface area contributed by atoms with E-state index in [1.165, 1.54) is 0 Å². The molecule has 0 spiro atoms. The van der Waals surface area contributed by atoms with Crippen molar-refractivity contribution in [1.29, 1.82) is 0 Å². The zero-order valence-electron chi connectivity index (χ0n) is 13.0. The zero-order valence-corrected chi connectivity index (χ0v) is 13.0. The van der Waals surface area contributed by atoms with Gasteiger partial charge < -0.3 is 20.7 Å². The van der Waals surface area contributed by atoms with Crippen molar-refractivity contribution in [2.75, 3.05) is 44.4 Å². The summed E-state index contributed by atoms with van der Waals surface area (Å²) in [7, 11) is 1.77. The molecule has 2 aromatic rings. The number of benzene rings is 1. The van der Waals surface area contributed by atoms with Crippen LogP contribution in [0.5, 0.6) is 0 Å². The lowest BCUT2D eigenvalue weighted by molar-refractivity contribution is 0.0303. The number of aromatic nitrogens is 2. The number of ether oxygens (including phenoxy) is 1. The van der Waals surface area contributed by atoms with Crippen LogP contribution in [0.4, 0.5) is 11.8 Å². The summed E-state index contributed by atoms with van der Waals surface area (Å²) in [4.78, 5) is 22.7. The molecule has 0 atom stereocenters. The highest BCUT2D eigenvalue weighted by molar-refractivity contribution is 5.95. The molecular weight excluding hydrogens is 294 g/mol. The Labute approximate surface area is 134 Å². The van der Waals surface area contributed by atoms with Crippen LogP contribution < -0.4 is 11.1 Å². The molecule has 1 saturated heterocycles. The van der Waals surface area contributed by atoms with Crippen LogP contribution >= 0.6 is 0 Å². The Bertz CT molecular complexity index is 713. The van der Waals surface area contributed by atoms with Crippen LogP contribution in [0.15, 0.2) is 30.3 Å². The van der Waals surface area contributed by atoms with Gasteiger partial charge in [-0.05, 0) is 12.1 Å². The van der Waals surface area contributed by atoms with Gasteiger partial charge in [-0.1, -0.05) is 12.1 Å². The molecule has 23 heavy (non-hydrogen) atoms. The largest absolute Gasteiger partial charge is 0.378 e. The number of carbonyl (C=O) groups is 1. The van der Waals surface area contributed by atoms with Crippen molar-refractivity contribution < 1.29 is 9.53 Å². The van der Waals surface area contributed by atoms with Crippen molar-refractivity contribution in [3.8, 4) is 11.3 Å². The molecule has 7 heteroatoms. The summed E-state index contributed by atoms with van der Waals surface area (Å²) in [5.41, 5.74) is 7.88. The van der Waals surface area contributed by atoms with Gasteiger partial charge in [0.2, 0.25) is 5.95 Å². The van der Waals surface area contributed by atoms with E-state index in [0.29, 0.717) is 43.4 Å². The first-order valence-corrected chi connectivity index (χ1v) is 7.47. The SMILES string of the molecule is CNc1cc(-c2cccc(C(=O)N3CCOCC3)c2)nc(N)n1. The first-order chi connectivity index (χ1) is 11.2. The highest BCUT2D eigenvalue weighted by atomic mass is 16.5. The number of nitrogens with zero attached hydrogens (tertiary/aromatic N) is 3. The quantitative estimate of drug-likeness (QED) is 0.885. The number of nitrogens with one attached hydrogen (secondary N) is 1. The number of hydrogen-bond donors (Lipinski definition) is 2. The molecule has 7 nitrogen and oxygen atoms in total. The molecular formula is C16H19N5O2. The van der Waals surface area contributed by atoms with Gasteiger partial charge in [-0.3, -0.25) is 4.79 Å². The number of morpholine rings is 1. The molecule has 1 fully saturated rings. The lowest BCUT2D eigenvalue weighted by Crippen LogP contribution is -2.40. The van der Waals surface area contributed by atoms with Crippen molar-refractivity contribution in [2.45, 2.75) is 0 Å². The summed E-state index contributed by atoms with van der Waals surface area (Å²) in [6, 6.07) is 9.19. The van der Waals surface area contributed by atoms with Gasteiger partial charge in [0.05, 0.1) is 18.9 Å². The predicted octanol–water partition coefficient (Wildman–Crippen LogP) is 1.24. The Kier molecular flexibility index (Phi) is 4.38. The number of anilines is 2. The van der Waals surface area contributed by atoms with Crippen molar-refractivity contribution in [3.63, 3.8) is 0 Å². The minimum absolute atomic E-state index is 0.00557. The second kappa shape index (κ2) is 6.62. The van der Waals surface area contributed by atoms with Crippen LogP contribution in [0.2, 0.25) is 0 Å². The minimum Gasteiger partial charge on any atom is -0.378 e. The zero-order chi connectivity index (χ0) is 16.2. The van der Waals surface area contributed by atoms with Gasteiger partial charge in [0, 0.05) is 37.3 Å². The third kappa shape index (κ3) is 3.40. The molecule has 1 aromatic carbocycles. The van der Waals surface area contributed by atoms with Gasteiger partial charge in [-0.2, -0.15) is 4.98 Å². The highest BCUT2D eigenvalue weighted by Crippen LogP contribution is 2.22. The Morgan fingerprint density at radius 1 is 1.26 bits per heavy atom. The topological polar surface area (TPSA) is 93.4 Å². The molecule has 1 amide bonds. The van der Waals surface area contributed by atoms with Gasteiger partial charge in [0.25, 0.3) is 5.91 Å². The summed E-state index contributed by atoms with van der Waals surface area (Å²) in [5.74, 6) is 0.834. The Hall–Kier alpha value is -2.67. The summed E-state index contributed by atoms with van der Waals surface area (Å²) in [6.45, 7) is 2.40. The number of hydrogen-bond acceptors (Lipinski definition) is 6. The van der Waals surface area contributed by atoms with E-state index in [9.17, 15) is 4.79 Å². The first kappa shape index (κ1) is 15.2. The van der Waals surface area contributed by atoms with Gasteiger partial charge >= 0.3 is 0 Å². The van der Waals surface area contributed by atoms with Crippen molar-refractivity contribution in [2.24, 2.45) is 0 Å². The lowest BCUT2D eigenvalue weighted by atomic mass is 10.1. The van der Waals surface area contributed by atoms with E-state index in [1.807, 2.05) is 24.3 Å². The van der Waals surface area contributed by atoms with Crippen molar-refractivity contribution >= 4 is 17.7 Å². The number of nitrogens with two attached hydrogens (primary N) is 1. The highest BCUT2D eigenvalue weighted by Gasteiger charge is 2.19. The van der Waals surface area contributed by atoms with E-state index in [2.05, 4.69) is 15.3 Å². The summed E-state index contributed by atoms with van der Waals surface area (Å²) >= 11 is 0. The fourth-order valence-electron chi connectivity index (χ4n) is 2.50. The first-order valence-electron chi connectivity index (χ1n) is 7.47. The van der Waals surface area contributed by atoms with Gasteiger partial charge in [0.1, 0.15) is 5.82 Å². The van der Waals surface area contributed by atoms with Gasteiger partial charge in [0.15, 0.2) is 0 Å². The van der Waals surface area contributed by atoms with E-state index in [0.717, 1.165) is 5.56 Å². The fraction of sp³-hybridized carbons (Fsp3) is 0.312. The molecule has 0 aliphatic carbocycles. The molecule has 120 valence electrons. The number of carbonyl (C=O) groups excluding carboxylic acids is 1. The summed E-state index contributed by atoms with van der Waals surface area (Å²) < 4.78 is 5.29. The molecule has 0 unspecified atom stereocenters. The fourth-order valence-corrected chi connectivity index (χ4v) is 2.50. The maximum absolute atomic E-state index is 12.6. The minimum atomic E-state index is 0.00557. The molecule has 0 bridgehead atoms. The van der Waals surface area contributed by atoms with Crippen molar-refractivity contribution in [1.82, 2.24) is 14.9 Å². The van der Waals surface area contributed by atoms with Gasteiger partial charge in [-0.25, -0.2) is 4.98 Å². The van der Waals surface area contributed by atoms with Crippen LogP contribution in [-0.2, 0) is 4.74 Å². The maximum atomic E-state index is 12.6. The van der Waals surface area contributed by atoms with Crippen LogP contribution in [0.3, 0.4) is 0 Å². The molecule has 2 heterocycles. The van der Waals surface area contributed by atoms with E-state index in [-0.39, 0.29) is 11.9 Å². The van der Waals surface area contributed by atoms with Crippen LogP contribution in [-0.4, -0.2) is 54.1 Å². The monoisotopic (exact) mass is 313 g/mol. The number of nitrogen functional groups attached to an aromatic ring is 1. The maximum Gasteiger partial charge on any atom is 0.254 e. The third-order valence-electron chi connectivity index (χ3n) is 3.70. The number of amides is 1. The van der Waals surface area contributed by atoms with E-state index in [4.69, 9.17) is 10.5 Å². The third-order valence-corrected chi connectivity index (χ3v) is 3.70. The molecule has 3 N–H and O–H groups in total. The van der Waals surface area contributed by atoms with Crippen LogP contribution in [0.25, 0.3) is 11.3 Å². The smallest absolute Gasteiger partial charge is 0.254 e. The standard InChI is InChI=1S/C16H19N5O2/c1-18-14-10-13(19-16(17)20-14)11-3-2-4-12(9-11)15(22)21-5-7-23-8-6-21/h2-4,9-10H,5-8H2,1H3,(H3,17,18,19,20). The Balaban J connectivity index is 1.90. The molecule has 1 aliphatic rings. The van der Waals surface area contributed by atoms with E-state index in [1.54, 1.807) is 18.0 Å². The molecule has 1 aromatic heterocycles. The molecule has 0 radical (unpaired) electrons. The predicted molar refractivity (Wildman–Crippen MR) is 88.1 cm³/mol. The summed E-state index contributed by atoms with van der Waals surface area (Å²) in [5, 5.41) is 2.95. The van der Waals surface area contributed by atoms with E-state index >= 15 is 0 Å². The van der Waals surface area contributed by atoms with Crippen LogP contribution in [0, 0.1) is 0 Å².